The molecule has 0 aliphatic heterocycles. The molecule has 0 rings (SSSR count). The number of likely N-dealkylation sites (N-methyl/N-ethyl adjacent to an activating group) is 1. The van der Waals surface area contributed by atoms with E-state index in [1.807, 2.05) is 0 Å². The number of carboxylic acid groups (broad SMARTS) is 1. The van der Waals surface area contributed by atoms with Crippen molar-refractivity contribution in [2.75, 3.05) is 7.05 Å². The minimum atomic E-state index is -0.991. The Morgan fingerprint density at radius 3 is 1.42 bits per heavy atom. The van der Waals surface area contributed by atoms with Gasteiger partial charge in [0.15, 0.2) is 0 Å². The van der Waals surface area contributed by atoms with Crippen molar-refractivity contribution in [2.45, 2.75) is 116 Å². The van der Waals surface area contributed by atoms with Crippen LogP contribution in [0.15, 0.2) is 0 Å². The molecular formula is C20H40NNaO2. The molecule has 0 spiro atoms. The number of carboxylic acids is 1. The van der Waals surface area contributed by atoms with E-state index in [1.54, 1.807) is 14.0 Å². The minimum absolute atomic E-state index is 0. The number of nitrogens with one attached hydrogen (secondary N) is 1. The predicted octanol–water partition coefficient (Wildman–Crippen LogP) is 1.59. The molecule has 138 valence electrons. The Morgan fingerprint density at radius 1 is 0.792 bits per heavy atom. The molecular weight excluding hydrogens is 309 g/mol. The monoisotopic (exact) mass is 349 g/mol. The predicted molar refractivity (Wildman–Crippen MR) is 97.4 cm³/mol. The van der Waals surface area contributed by atoms with Gasteiger partial charge in [-0.3, -0.25) is 0 Å². The molecule has 24 heavy (non-hydrogen) atoms. The second-order valence-corrected chi connectivity index (χ2v) is 7.22. The number of unbranched alkanes of at least 4 members (excludes halogenated alkanes) is 13. The Kier molecular flexibility index (Phi) is 20.2. The SMILES string of the molecule is CCCCCCCCCCCCCCCCC(C)(NC)C(=O)[O-].[Na+]. The van der Waals surface area contributed by atoms with Crippen LogP contribution < -0.4 is 40.0 Å². The molecule has 4 heteroatoms. The summed E-state index contributed by atoms with van der Waals surface area (Å²) in [4.78, 5) is 11.0. The number of aliphatic carboxylic acids is 1. The van der Waals surface area contributed by atoms with E-state index in [1.165, 1.54) is 77.0 Å². The van der Waals surface area contributed by atoms with Crippen molar-refractivity contribution in [3.63, 3.8) is 0 Å². The van der Waals surface area contributed by atoms with Crippen molar-refractivity contribution < 1.29 is 39.5 Å². The van der Waals surface area contributed by atoms with Gasteiger partial charge < -0.3 is 15.2 Å². The second-order valence-electron chi connectivity index (χ2n) is 7.22. The largest absolute Gasteiger partial charge is 1.00 e. The Morgan fingerprint density at radius 2 is 1.12 bits per heavy atom. The minimum Gasteiger partial charge on any atom is -0.548 e. The van der Waals surface area contributed by atoms with Crippen LogP contribution in [0, 0.1) is 0 Å². The smallest absolute Gasteiger partial charge is 0.548 e. The van der Waals surface area contributed by atoms with Gasteiger partial charge in [0, 0.05) is 0 Å². The normalized spacial score (nSPS) is 13.3. The van der Waals surface area contributed by atoms with E-state index in [0.717, 1.165) is 12.8 Å². The molecule has 0 fully saturated rings. The molecule has 0 aliphatic carbocycles. The summed E-state index contributed by atoms with van der Waals surface area (Å²) in [5.41, 5.74) is -0.864. The quantitative estimate of drug-likeness (QED) is 0.320. The van der Waals surface area contributed by atoms with Gasteiger partial charge >= 0.3 is 29.6 Å². The third kappa shape index (κ3) is 14.7. The van der Waals surface area contributed by atoms with Crippen LogP contribution in [-0.2, 0) is 4.79 Å². The zero-order valence-corrected chi connectivity index (χ0v) is 18.9. The molecule has 1 unspecified atom stereocenters. The maximum atomic E-state index is 11.0. The van der Waals surface area contributed by atoms with Crippen molar-refractivity contribution in [3.05, 3.63) is 0 Å². The van der Waals surface area contributed by atoms with Gasteiger partial charge in [0.05, 0.1) is 11.5 Å². The van der Waals surface area contributed by atoms with Crippen molar-refractivity contribution in [1.82, 2.24) is 5.32 Å². The van der Waals surface area contributed by atoms with Gasteiger partial charge in [0.1, 0.15) is 0 Å². The van der Waals surface area contributed by atoms with Crippen LogP contribution in [0.1, 0.15) is 110 Å². The maximum Gasteiger partial charge on any atom is 1.00 e. The molecule has 0 bridgehead atoms. The fraction of sp³-hybridized carbons (Fsp3) is 0.950. The molecule has 0 aromatic rings. The zero-order chi connectivity index (χ0) is 17.4. The summed E-state index contributed by atoms with van der Waals surface area (Å²) in [7, 11) is 1.69. The van der Waals surface area contributed by atoms with Crippen LogP contribution in [0.25, 0.3) is 0 Å². The summed E-state index contributed by atoms with van der Waals surface area (Å²) in [5.74, 6) is -0.991. The van der Waals surface area contributed by atoms with Crippen molar-refractivity contribution in [3.8, 4) is 0 Å². The first-order chi connectivity index (χ1) is 11.1. The average molecular weight is 350 g/mol. The Balaban J connectivity index is 0. The number of carbonyl (C=O) groups excluding carboxylic acids is 1. The van der Waals surface area contributed by atoms with Crippen LogP contribution in [0.2, 0.25) is 0 Å². The van der Waals surface area contributed by atoms with Crippen LogP contribution >= 0.6 is 0 Å². The first kappa shape index (κ1) is 26.7. The molecule has 0 radical (unpaired) electrons. The fourth-order valence-electron chi connectivity index (χ4n) is 3.00. The van der Waals surface area contributed by atoms with Crippen LogP contribution in [0.3, 0.4) is 0 Å². The van der Waals surface area contributed by atoms with E-state index in [9.17, 15) is 9.90 Å². The summed E-state index contributed by atoms with van der Waals surface area (Å²) < 4.78 is 0. The van der Waals surface area contributed by atoms with E-state index in [-0.39, 0.29) is 29.6 Å². The van der Waals surface area contributed by atoms with E-state index in [4.69, 9.17) is 0 Å². The van der Waals surface area contributed by atoms with Crippen molar-refractivity contribution >= 4 is 5.97 Å². The van der Waals surface area contributed by atoms with Crippen LogP contribution in [0.5, 0.6) is 0 Å². The van der Waals surface area contributed by atoms with Gasteiger partial charge in [-0.1, -0.05) is 96.8 Å². The molecule has 0 saturated carbocycles. The Labute approximate surface area is 173 Å². The molecule has 0 aliphatic rings. The molecule has 0 amide bonds. The first-order valence-electron chi connectivity index (χ1n) is 9.97. The molecule has 0 saturated heterocycles. The zero-order valence-electron chi connectivity index (χ0n) is 16.9. The average Bonchev–Trinajstić information content (AvgIpc) is 2.54. The molecule has 3 nitrogen and oxygen atoms in total. The summed E-state index contributed by atoms with van der Waals surface area (Å²) >= 11 is 0. The molecule has 0 aromatic heterocycles. The second kappa shape index (κ2) is 18.2. The fourth-order valence-corrected chi connectivity index (χ4v) is 3.00. The van der Waals surface area contributed by atoms with Gasteiger partial charge in [0.2, 0.25) is 0 Å². The molecule has 0 heterocycles. The molecule has 0 aromatic carbocycles. The summed E-state index contributed by atoms with van der Waals surface area (Å²) in [5, 5.41) is 13.9. The number of rotatable bonds is 17. The van der Waals surface area contributed by atoms with E-state index >= 15 is 0 Å². The van der Waals surface area contributed by atoms with E-state index in [0.29, 0.717) is 6.42 Å². The summed E-state index contributed by atoms with van der Waals surface area (Å²) in [6, 6.07) is 0. The number of carbonyl (C=O) groups is 1. The van der Waals surface area contributed by atoms with E-state index in [2.05, 4.69) is 12.2 Å². The topological polar surface area (TPSA) is 52.2 Å². The van der Waals surface area contributed by atoms with Gasteiger partial charge in [0.25, 0.3) is 0 Å². The first-order valence-corrected chi connectivity index (χ1v) is 9.97. The van der Waals surface area contributed by atoms with Crippen molar-refractivity contribution in [2.24, 2.45) is 0 Å². The Bertz CT molecular complexity index is 287. The van der Waals surface area contributed by atoms with E-state index < -0.39 is 11.5 Å². The molecule has 1 atom stereocenters. The standard InChI is InChI=1S/C20H41NO2.Na/c1-4-5-6-7-8-9-10-11-12-13-14-15-16-17-18-20(2,21-3)19(22)23;/h21H,4-18H2,1-3H3,(H,22,23);/q;+1/p-1. The maximum absolute atomic E-state index is 11.0. The van der Waals surface area contributed by atoms with Gasteiger partial charge in [-0.15, -0.1) is 0 Å². The van der Waals surface area contributed by atoms with Gasteiger partial charge in [-0.05, 0) is 20.4 Å². The number of hydrogen-bond acceptors (Lipinski definition) is 3. The van der Waals surface area contributed by atoms with Gasteiger partial charge in [-0.25, -0.2) is 0 Å². The number of hydrogen-bond donors (Lipinski definition) is 1. The third-order valence-electron chi connectivity index (χ3n) is 5.03. The Hall–Kier alpha value is 0.430. The van der Waals surface area contributed by atoms with Gasteiger partial charge in [-0.2, -0.15) is 0 Å². The summed E-state index contributed by atoms with van der Waals surface area (Å²) in [6.07, 6.45) is 19.1. The summed E-state index contributed by atoms with van der Waals surface area (Å²) in [6.45, 7) is 3.98. The third-order valence-corrected chi connectivity index (χ3v) is 5.03. The van der Waals surface area contributed by atoms with Crippen molar-refractivity contribution in [1.29, 1.82) is 0 Å². The van der Waals surface area contributed by atoms with Crippen LogP contribution in [-0.4, -0.2) is 18.6 Å². The van der Waals surface area contributed by atoms with Crippen LogP contribution in [0.4, 0.5) is 0 Å². The molecule has 1 N–H and O–H groups in total.